The predicted molar refractivity (Wildman–Crippen MR) is 86.5 cm³/mol. The Kier molecular flexibility index (Phi) is 4.63. The highest BCUT2D eigenvalue weighted by atomic mass is 16.3. The normalized spacial score (nSPS) is 25.9. The molecule has 21 heavy (non-hydrogen) atoms. The van der Waals surface area contributed by atoms with Crippen molar-refractivity contribution in [3.63, 3.8) is 0 Å². The van der Waals surface area contributed by atoms with Gasteiger partial charge in [0.1, 0.15) is 0 Å². The molecule has 1 saturated carbocycles. The van der Waals surface area contributed by atoms with E-state index in [9.17, 15) is 5.11 Å². The summed E-state index contributed by atoms with van der Waals surface area (Å²) in [6.07, 6.45) is 4.84. The van der Waals surface area contributed by atoms with Crippen molar-refractivity contribution in [2.45, 2.75) is 50.1 Å². The summed E-state index contributed by atoms with van der Waals surface area (Å²) in [6.45, 7) is 5.83. The predicted octanol–water partition coefficient (Wildman–Crippen LogP) is 2.37. The van der Waals surface area contributed by atoms with Crippen molar-refractivity contribution in [2.24, 2.45) is 0 Å². The Morgan fingerprint density at radius 1 is 1.24 bits per heavy atom. The van der Waals surface area contributed by atoms with E-state index in [1.807, 2.05) is 0 Å². The summed E-state index contributed by atoms with van der Waals surface area (Å²) in [5.74, 6) is 0.683. The number of likely N-dealkylation sites (tertiary alicyclic amines) is 1. The molecule has 2 unspecified atom stereocenters. The fourth-order valence-electron chi connectivity index (χ4n) is 3.36. The minimum atomic E-state index is -0.105. The summed E-state index contributed by atoms with van der Waals surface area (Å²) < 4.78 is 0. The van der Waals surface area contributed by atoms with Crippen LogP contribution in [0.15, 0.2) is 30.3 Å². The molecule has 1 aliphatic carbocycles. The van der Waals surface area contributed by atoms with E-state index in [-0.39, 0.29) is 12.1 Å². The standard InChI is InChI=1S/C18H28N2O/c1-18(14-21,19-17-7-8-17)10-12-20-11-9-16(13-20)15-5-3-2-4-6-15/h2-6,16-17,19,21H,7-14H2,1H3. The minimum Gasteiger partial charge on any atom is -0.394 e. The molecule has 3 nitrogen and oxygen atoms in total. The SMILES string of the molecule is CC(CO)(CCN1CCC(c2ccccc2)C1)NC1CC1. The Morgan fingerprint density at radius 2 is 2.00 bits per heavy atom. The van der Waals surface area contributed by atoms with E-state index in [1.54, 1.807) is 0 Å². The van der Waals surface area contributed by atoms with Crippen molar-refractivity contribution in [1.29, 1.82) is 0 Å². The Labute approximate surface area is 128 Å². The molecule has 116 valence electrons. The second-order valence-corrected chi connectivity index (χ2v) is 7.08. The van der Waals surface area contributed by atoms with Crippen LogP contribution in [-0.2, 0) is 0 Å². The number of aliphatic hydroxyl groups is 1. The molecule has 2 N–H and O–H groups in total. The average Bonchev–Trinajstić information content (AvgIpc) is 3.19. The van der Waals surface area contributed by atoms with Crippen molar-refractivity contribution in [1.82, 2.24) is 10.2 Å². The average molecular weight is 288 g/mol. The molecule has 3 rings (SSSR count). The first-order valence-electron chi connectivity index (χ1n) is 8.34. The van der Waals surface area contributed by atoms with Gasteiger partial charge in [0.2, 0.25) is 0 Å². The van der Waals surface area contributed by atoms with E-state index < -0.39 is 0 Å². The minimum absolute atomic E-state index is 0.105. The maximum atomic E-state index is 9.68. The molecule has 0 bridgehead atoms. The van der Waals surface area contributed by atoms with Gasteiger partial charge in [0.25, 0.3) is 0 Å². The molecular weight excluding hydrogens is 260 g/mol. The van der Waals surface area contributed by atoms with Crippen molar-refractivity contribution < 1.29 is 5.11 Å². The van der Waals surface area contributed by atoms with Gasteiger partial charge in [0.05, 0.1) is 6.61 Å². The first kappa shape index (κ1) is 15.0. The zero-order valence-electron chi connectivity index (χ0n) is 13.1. The fraction of sp³-hybridized carbons (Fsp3) is 0.667. The van der Waals surface area contributed by atoms with Crippen LogP contribution < -0.4 is 5.32 Å². The Bertz CT molecular complexity index is 446. The van der Waals surface area contributed by atoms with Crippen LogP contribution in [0.2, 0.25) is 0 Å². The van der Waals surface area contributed by atoms with Crippen LogP contribution in [0.5, 0.6) is 0 Å². The smallest absolute Gasteiger partial charge is 0.0611 e. The Hall–Kier alpha value is -0.900. The van der Waals surface area contributed by atoms with Crippen LogP contribution in [0.3, 0.4) is 0 Å². The third-order valence-corrected chi connectivity index (χ3v) is 5.00. The molecular formula is C18H28N2O. The molecule has 1 saturated heterocycles. The van der Waals surface area contributed by atoms with Crippen molar-refractivity contribution >= 4 is 0 Å². The number of hydrogen-bond acceptors (Lipinski definition) is 3. The Morgan fingerprint density at radius 3 is 2.67 bits per heavy atom. The summed E-state index contributed by atoms with van der Waals surface area (Å²) in [7, 11) is 0. The lowest BCUT2D eigenvalue weighted by molar-refractivity contribution is 0.149. The van der Waals surface area contributed by atoms with E-state index in [4.69, 9.17) is 0 Å². The maximum absolute atomic E-state index is 9.68. The number of rotatable bonds is 7. The van der Waals surface area contributed by atoms with E-state index in [0.717, 1.165) is 19.5 Å². The summed E-state index contributed by atoms with van der Waals surface area (Å²) in [4.78, 5) is 2.56. The van der Waals surface area contributed by atoms with Crippen molar-refractivity contribution in [3.8, 4) is 0 Å². The largest absolute Gasteiger partial charge is 0.394 e. The highest BCUT2D eigenvalue weighted by molar-refractivity contribution is 5.21. The molecule has 0 aromatic heterocycles. The van der Waals surface area contributed by atoms with Crippen LogP contribution in [0.1, 0.15) is 44.1 Å². The van der Waals surface area contributed by atoms with Crippen LogP contribution in [0, 0.1) is 0 Å². The van der Waals surface area contributed by atoms with Gasteiger partial charge in [-0.05, 0) is 57.2 Å². The first-order valence-corrected chi connectivity index (χ1v) is 8.34. The summed E-state index contributed by atoms with van der Waals surface area (Å²) in [5, 5.41) is 13.3. The van der Waals surface area contributed by atoms with E-state index >= 15 is 0 Å². The van der Waals surface area contributed by atoms with Gasteiger partial charge in [-0.3, -0.25) is 0 Å². The molecule has 0 spiro atoms. The van der Waals surface area contributed by atoms with Crippen LogP contribution in [-0.4, -0.2) is 47.8 Å². The van der Waals surface area contributed by atoms with Gasteiger partial charge in [0.15, 0.2) is 0 Å². The van der Waals surface area contributed by atoms with Crippen molar-refractivity contribution in [3.05, 3.63) is 35.9 Å². The molecule has 1 aromatic carbocycles. The topological polar surface area (TPSA) is 35.5 Å². The van der Waals surface area contributed by atoms with Gasteiger partial charge >= 0.3 is 0 Å². The quantitative estimate of drug-likeness (QED) is 0.808. The third-order valence-electron chi connectivity index (χ3n) is 5.00. The second-order valence-electron chi connectivity index (χ2n) is 7.08. The second kappa shape index (κ2) is 6.47. The van der Waals surface area contributed by atoms with E-state index in [2.05, 4.69) is 47.5 Å². The van der Waals surface area contributed by atoms with E-state index in [0.29, 0.717) is 12.0 Å². The number of aliphatic hydroxyl groups excluding tert-OH is 1. The summed E-state index contributed by atoms with van der Waals surface area (Å²) >= 11 is 0. The van der Waals surface area contributed by atoms with Gasteiger partial charge in [-0.15, -0.1) is 0 Å². The fourth-order valence-corrected chi connectivity index (χ4v) is 3.36. The van der Waals surface area contributed by atoms with Crippen LogP contribution in [0.25, 0.3) is 0 Å². The van der Waals surface area contributed by atoms with Gasteiger partial charge in [-0.2, -0.15) is 0 Å². The number of nitrogens with one attached hydrogen (secondary N) is 1. The lowest BCUT2D eigenvalue weighted by Gasteiger charge is -2.31. The molecule has 1 aliphatic heterocycles. The van der Waals surface area contributed by atoms with E-state index in [1.165, 1.54) is 31.4 Å². The zero-order chi connectivity index (χ0) is 14.7. The molecule has 2 fully saturated rings. The Balaban J connectivity index is 1.48. The highest BCUT2D eigenvalue weighted by Crippen LogP contribution is 2.28. The van der Waals surface area contributed by atoms with Gasteiger partial charge < -0.3 is 15.3 Å². The lowest BCUT2D eigenvalue weighted by atomic mass is 9.98. The zero-order valence-corrected chi connectivity index (χ0v) is 13.1. The number of benzene rings is 1. The summed E-state index contributed by atoms with van der Waals surface area (Å²) in [5.41, 5.74) is 1.37. The first-order chi connectivity index (χ1) is 10.2. The van der Waals surface area contributed by atoms with Gasteiger partial charge in [-0.25, -0.2) is 0 Å². The molecule has 1 heterocycles. The van der Waals surface area contributed by atoms with Gasteiger partial charge in [0, 0.05) is 18.1 Å². The number of hydrogen-bond donors (Lipinski definition) is 2. The number of nitrogens with zero attached hydrogens (tertiary/aromatic N) is 1. The highest BCUT2D eigenvalue weighted by Gasteiger charge is 2.33. The third kappa shape index (κ3) is 4.06. The van der Waals surface area contributed by atoms with Gasteiger partial charge in [-0.1, -0.05) is 30.3 Å². The van der Waals surface area contributed by atoms with Crippen LogP contribution in [0.4, 0.5) is 0 Å². The molecule has 2 aliphatic rings. The molecule has 0 amide bonds. The molecule has 0 radical (unpaired) electrons. The summed E-state index contributed by atoms with van der Waals surface area (Å²) in [6, 6.07) is 11.5. The van der Waals surface area contributed by atoms with Crippen molar-refractivity contribution in [2.75, 3.05) is 26.2 Å². The molecule has 2 atom stereocenters. The maximum Gasteiger partial charge on any atom is 0.0611 e. The monoisotopic (exact) mass is 288 g/mol. The molecule has 1 aromatic rings. The lowest BCUT2D eigenvalue weighted by Crippen LogP contribution is -2.48. The molecule has 3 heteroatoms. The van der Waals surface area contributed by atoms with Crippen LogP contribution >= 0.6 is 0 Å².